The van der Waals surface area contributed by atoms with Gasteiger partial charge in [0.25, 0.3) is 0 Å². The summed E-state index contributed by atoms with van der Waals surface area (Å²) >= 11 is 0. The minimum Gasteiger partial charge on any atom is -0.480 e. The van der Waals surface area contributed by atoms with Crippen LogP contribution in [0.25, 0.3) is 0 Å². The molecule has 0 aliphatic carbocycles. The first-order chi connectivity index (χ1) is 6.40. The van der Waals surface area contributed by atoms with Gasteiger partial charge < -0.3 is 21.3 Å². The van der Waals surface area contributed by atoms with E-state index in [0.29, 0.717) is 0 Å². The van der Waals surface area contributed by atoms with E-state index in [1.54, 1.807) is 13.8 Å². The smallest absolute Gasteiger partial charge is 0.328 e. The summed E-state index contributed by atoms with van der Waals surface area (Å²) in [5.41, 5.74) is 5.46. The Labute approximate surface area is 82.1 Å². The normalized spacial score (nSPS) is 16.9. The standard InChI is InChI=1S/C8H16N2O4/c1-4(5(2)9)7(12)10-6(3-11)8(13)14/h4-6,11H,3,9H2,1-2H3,(H,10,12)(H,13,14). The van der Waals surface area contributed by atoms with Crippen LogP contribution in [0, 0.1) is 5.92 Å². The maximum absolute atomic E-state index is 11.3. The van der Waals surface area contributed by atoms with Crippen LogP contribution in [0.2, 0.25) is 0 Å². The zero-order valence-corrected chi connectivity index (χ0v) is 8.23. The Bertz CT molecular complexity index is 217. The van der Waals surface area contributed by atoms with Crippen molar-refractivity contribution in [2.24, 2.45) is 11.7 Å². The Kier molecular flexibility index (Phi) is 5.11. The maximum Gasteiger partial charge on any atom is 0.328 e. The van der Waals surface area contributed by atoms with Gasteiger partial charge in [-0.2, -0.15) is 0 Å². The highest BCUT2D eigenvalue weighted by Gasteiger charge is 2.23. The topological polar surface area (TPSA) is 113 Å². The fraction of sp³-hybridized carbons (Fsp3) is 0.750. The van der Waals surface area contributed by atoms with E-state index >= 15 is 0 Å². The van der Waals surface area contributed by atoms with Gasteiger partial charge in [0.2, 0.25) is 5.91 Å². The number of aliphatic hydroxyl groups excluding tert-OH is 1. The van der Waals surface area contributed by atoms with Crippen molar-refractivity contribution in [3.8, 4) is 0 Å². The summed E-state index contributed by atoms with van der Waals surface area (Å²) in [4.78, 5) is 21.7. The molecule has 0 heterocycles. The molecule has 0 aromatic carbocycles. The van der Waals surface area contributed by atoms with E-state index in [-0.39, 0.29) is 6.04 Å². The van der Waals surface area contributed by atoms with Gasteiger partial charge in [0.15, 0.2) is 0 Å². The van der Waals surface area contributed by atoms with Gasteiger partial charge >= 0.3 is 5.97 Å². The molecule has 0 aliphatic heterocycles. The van der Waals surface area contributed by atoms with E-state index in [1.807, 2.05) is 0 Å². The molecule has 0 saturated heterocycles. The zero-order chi connectivity index (χ0) is 11.3. The molecule has 5 N–H and O–H groups in total. The summed E-state index contributed by atoms with van der Waals surface area (Å²) in [7, 11) is 0. The quantitative estimate of drug-likeness (QED) is 0.437. The molecule has 3 unspecified atom stereocenters. The number of hydrogen-bond acceptors (Lipinski definition) is 4. The number of aliphatic hydroxyl groups is 1. The third-order valence-electron chi connectivity index (χ3n) is 2.00. The highest BCUT2D eigenvalue weighted by molar-refractivity contribution is 5.85. The van der Waals surface area contributed by atoms with Crippen LogP contribution in [0.15, 0.2) is 0 Å². The number of carbonyl (C=O) groups is 2. The van der Waals surface area contributed by atoms with Gasteiger partial charge in [0.05, 0.1) is 6.61 Å². The fourth-order valence-corrected chi connectivity index (χ4v) is 0.727. The minimum absolute atomic E-state index is 0.358. The van der Waals surface area contributed by atoms with Crippen molar-refractivity contribution >= 4 is 11.9 Å². The fourth-order valence-electron chi connectivity index (χ4n) is 0.727. The molecule has 14 heavy (non-hydrogen) atoms. The van der Waals surface area contributed by atoms with Crippen LogP contribution in [0.1, 0.15) is 13.8 Å². The molecule has 0 fully saturated rings. The van der Waals surface area contributed by atoms with Gasteiger partial charge in [0.1, 0.15) is 6.04 Å². The van der Waals surface area contributed by atoms with Crippen LogP contribution < -0.4 is 11.1 Å². The number of carbonyl (C=O) groups excluding carboxylic acids is 1. The Morgan fingerprint density at radius 2 is 1.93 bits per heavy atom. The van der Waals surface area contributed by atoms with Gasteiger partial charge in [-0.1, -0.05) is 6.92 Å². The van der Waals surface area contributed by atoms with Crippen LogP contribution in [0.3, 0.4) is 0 Å². The lowest BCUT2D eigenvalue weighted by atomic mass is 10.0. The number of amides is 1. The second-order valence-corrected chi connectivity index (χ2v) is 3.23. The molecule has 0 aromatic heterocycles. The third kappa shape index (κ3) is 3.71. The first-order valence-electron chi connectivity index (χ1n) is 4.29. The molecule has 0 aromatic rings. The minimum atomic E-state index is -1.27. The van der Waals surface area contributed by atoms with Crippen molar-refractivity contribution in [1.29, 1.82) is 0 Å². The predicted molar refractivity (Wildman–Crippen MR) is 49.5 cm³/mol. The largest absolute Gasteiger partial charge is 0.480 e. The number of nitrogens with one attached hydrogen (secondary N) is 1. The van der Waals surface area contributed by atoms with Gasteiger partial charge in [-0.15, -0.1) is 0 Å². The average Bonchev–Trinajstić information content (AvgIpc) is 2.11. The van der Waals surface area contributed by atoms with Gasteiger partial charge in [-0.05, 0) is 6.92 Å². The monoisotopic (exact) mass is 204 g/mol. The number of rotatable bonds is 5. The first-order valence-corrected chi connectivity index (χ1v) is 4.29. The average molecular weight is 204 g/mol. The number of nitrogens with two attached hydrogens (primary N) is 1. The van der Waals surface area contributed by atoms with Crippen molar-refractivity contribution in [2.45, 2.75) is 25.9 Å². The number of carboxylic acid groups (broad SMARTS) is 1. The number of aliphatic carboxylic acids is 1. The summed E-state index contributed by atoms with van der Waals surface area (Å²) < 4.78 is 0. The van der Waals surface area contributed by atoms with Crippen LogP contribution in [-0.4, -0.2) is 40.8 Å². The summed E-state index contributed by atoms with van der Waals surface area (Å²) in [6.07, 6.45) is 0. The van der Waals surface area contributed by atoms with Crippen molar-refractivity contribution < 1.29 is 19.8 Å². The highest BCUT2D eigenvalue weighted by Crippen LogP contribution is 2.00. The summed E-state index contributed by atoms with van der Waals surface area (Å²) in [6.45, 7) is 2.61. The zero-order valence-electron chi connectivity index (χ0n) is 8.23. The summed E-state index contributed by atoms with van der Waals surface area (Å²) in [5, 5.41) is 19.4. The number of carboxylic acids is 1. The van der Waals surface area contributed by atoms with Crippen LogP contribution >= 0.6 is 0 Å². The van der Waals surface area contributed by atoms with E-state index < -0.39 is 30.4 Å². The molecule has 0 radical (unpaired) electrons. The Hall–Kier alpha value is -1.14. The molecule has 1 amide bonds. The molecule has 3 atom stereocenters. The molecular weight excluding hydrogens is 188 g/mol. The molecule has 0 saturated carbocycles. The third-order valence-corrected chi connectivity index (χ3v) is 2.00. The van der Waals surface area contributed by atoms with E-state index in [1.165, 1.54) is 0 Å². The molecule has 6 nitrogen and oxygen atoms in total. The lowest BCUT2D eigenvalue weighted by Gasteiger charge is -2.18. The van der Waals surface area contributed by atoms with E-state index in [9.17, 15) is 9.59 Å². The Morgan fingerprint density at radius 1 is 1.43 bits per heavy atom. The van der Waals surface area contributed by atoms with Crippen LogP contribution in [0.5, 0.6) is 0 Å². The second-order valence-electron chi connectivity index (χ2n) is 3.23. The second kappa shape index (κ2) is 5.56. The maximum atomic E-state index is 11.3. The number of hydrogen-bond donors (Lipinski definition) is 4. The summed E-state index contributed by atoms with van der Waals surface area (Å²) in [5.74, 6) is -2.22. The van der Waals surface area contributed by atoms with Crippen LogP contribution in [-0.2, 0) is 9.59 Å². The molecule has 6 heteroatoms. The Morgan fingerprint density at radius 3 is 2.21 bits per heavy atom. The van der Waals surface area contributed by atoms with E-state index in [4.69, 9.17) is 15.9 Å². The first kappa shape index (κ1) is 12.9. The van der Waals surface area contributed by atoms with Crippen molar-refractivity contribution in [1.82, 2.24) is 5.32 Å². The van der Waals surface area contributed by atoms with Gasteiger partial charge in [-0.3, -0.25) is 4.79 Å². The van der Waals surface area contributed by atoms with Gasteiger partial charge in [-0.25, -0.2) is 4.79 Å². The summed E-state index contributed by atoms with van der Waals surface area (Å²) in [6, 6.07) is -1.62. The molecule has 82 valence electrons. The molecular formula is C8H16N2O4. The lowest BCUT2D eigenvalue weighted by Crippen LogP contribution is -2.48. The van der Waals surface area contributed by atoms with Crippen molar-refractivity contribution in [3.63, 3.8) is 0 Å². The van der Waals surface area contributed by atoms with Gasteiger partial charge in [0, 0.05) is 12.0 Å². The molecule has 0 spiro atoms. The molecule has 0 aliphatic rings. The predicted octanol–water partition coefficient (Wildman–Crippen LogP) is -1.47. The van der Waals surface area contributed by atoms with Crippen LogP contribution in [0.4, 0.5) is 0 Å². The van der Waals surface area contributed by atoms with E-state index in [0.717, 1.165) is 0 Å². The van der Waals surface area contributed by atoms with Crippen molar-refractivity contribution in [2.75, 3.05) is 6.61 Å². The molecule has 0 rings (SSSR count). The van der Waals surface area contributed by atoms with E-state index in [2.05, 4.69) is 5.32 Å². The molecule has 0 bridgehead atoms. The Balaban J connectivity index is 4.22. The highest BCUT2D eigenvalue weighted by atomic mass is 16.4. The SMILES string of the molecule is CC(N)C(C)C(=O)NC(CO)C(=O)O. The lowest BCUT2D eigenvalue weighted by molar-refractivity contribution is -0.143. The van der Waals surface area contributed by atoms with Crippen molar-refractivity contribution in [3.05, 3.63) is 0 Å².